The highest BCUT2D eigenvalue weighted by Gasteiger charge is 2.23. The molecule has 5 heteroatoms. The minimum Gasteiger partial charge on any atom is -0.399 e. The summed E-state index contributed by atoms with van der Waals surface area (Å²) in [5.41, 5.74) is 9.01. The Balaban J connectivity index is 1.46. The lowest BCUT2D eigenvalue weighted by Crippen LogP contribution is -2.30. The summed E-state index contributed by atoms with van der Waals surface area (Å²) < 4.78 is 0. The molecule has 0 unspecified atom stereocenters. The number of rotatable bonds is 5. The summed E-state index contributed by atoms with van der Waals surface area (Å²) in [7, 11) is 0. The first-order valence-electron chi connectivity index (χ1n) is 8.17. The number of para-hydroxylation sites is 1. The number of anilines is 2. The molecule has 0 aliphatic carbocycles. The van der Waals surface area contributed by atoms with E-state index < -0.39 is 0 Å². The van der Waals surface area contributed by atoms with Crippen LogP contribution in [0.1, 0.15) is 28.8 Å². The molecule has 5 nitrogen and oxygen atoms in total. The Labute approximate surface area is 141 Å². The smallest absolute Gasteiger partial charge is 0.251 e. The van der Waals surface area contributed by atoms with Gasteiger partial charge in [0.2, 0.25) is 5.91 Å². The first-order valence-corrected chi connectivity index (χ1v) is 8.17. The predicted octanol–water partition coefficient (Wildman–Crippen LogP) is 2.37. The highest BCUT2D eigenvalue weighted by Crippen LogP contribution is 2.27. The van der Waals surface area contributed by atoms with E-state index in [9.17, 15) is 9.59 Å². The Hall–Kier alpha value is -2.82. The average Bonchev–Trinajstić information content (AvgIpc) is 3.02. The number of hydrogen-bond donors (Lipinski definition) is 2. The standard InChI is InChI=1S/C19H21N3O2/c20-16-7-3-6-15(13-16)19(24)21-11-4-9-18(23)22-12-10-14-5-1-2-8-17(14)22/h1-3,5-8,13H,4,9-12,20H2,(H,21,24). The molecule has 124 valence electrons. The van der Waals surface area contributed by atoms with Crippen molar-refractivity contribution in [2.45, 2.75) is 19.3 Å². The molecule has 3 rings (SSSR count). The van der Waals surface area contributed by atoms with Gasteiger partial charge in [0, 0.05) is 36.4 Å². The number of carbonyl (C=O) groups excluding carboxylic acids is 2. The number of nitrogens with one attached hydrogen (secondary N) is 1. The molecule has 24 heavy (non-hydrogen) atoms. The Morgan fingerprint density at radius 1 is 1.12 bits per heavy atom. The van der Waals surface area contributed by atoms with Gasteiger partial charge in [-0.2, -0.15) is 0 Å². The van der Waals surface area contributed by atoms with Crippen molar-refractivity contribution < 1.29 is 9.59 Å². The van der Waals surface area contributed by atoms with E-state index in [1.54, 1.807) is 24.3 Å². The zero-order valence-corrected chi connectivity index (χ0v) is 13.5. The molecule has 0 saturated heterocycles. The van der Waals surface area contributed by atoms with Gasteiger partial charge >= 0.3 is 0 Å². The molecule has 1 aliphatic heterocycles. The highest BCUT2D eigenvalue weighted by molar-refractivity contribution is 5.96. The molecule has 2 aromatic rings. The molecular formula is C19H21N3O2. The fourth-order valence-electron chi connectivity index (χ4n) is 2.96. The Morgan fingerprint density at radius 2 is 1.96 bits per heavy atom. The third-order valence-electron chi connectivity index (χ3n) is 4.19. The second-order valence-electron chi connectivity index (χ2n) is 5.91. The van der Waals surface area contributed by atoms with Crippen LogP contribution in [-0.2, 0) is 11.2 Å². The van der Waals surface area contributed by atoms with Crippen molar-refractivity contribution in [3.8, 4) is 0 Å². The fraction of sp³-hybridized carbons (Fsp3) is 0.263. The molecule has 1 aliphatic rings. The van der Waals surface area contributed by atoms with Crippen molar-refractivity contribution in [3.05, 3.63) is 59.7 Å². The van der Waals surface area contributed by atoms with Crippen LogP contribution >= 0.6 is 0 Å². The number of hydrogen-bond acceptors (Lipinski definition) is 3. The molecule has 0 bridgehead atoms. The van der Waals surface area contributed by atoms with Crippen LogP contribution in [0.4, 0.5) is 11.4 Å². The summed E-state index contributed by atoms with van der Waals surface area (Å²) in [4.78, 5) is 26.2. The number of carbonyl (C=O) groups is 2. The van der Waals surface area contributed by atoms with E-state index in [0.29, 0.717) is 30.6 Å². The number of nitrogens with zero attached hydrogens (tertiary/aromatic N) is 1. The van der Waals surface area contributed by atoms with Crippen molar-refractivity contribution in [1.29, 1.82) is 0 Å². The fourth-order valence-corrected chi connectivity index (χ4v) is 2.96. The molecule has 1 heterocycles. The maximum atomic E-state index is 12.4. The van der Waals surface area contributed by atoms with Crippen LogP contribution in [0.2, 0.25) is 0 Å². The minimum absolute atomic E-state index is 0.109. The van der Waals surface area contributed by atoms with Crippen molar-refractivity contribution in [1.82, 2.24) is 5.32 Å². The first-order chi connectivity index (χ1) is 11.6. The highest BCUT2D eigenvalue weighted by atomic mass is 16.2. The first kappa shape index (κ1) is 16.1. The lowest BCUT2D eigenvalue weighted by molar-refractivity contribution is -0.118. The van der Waals surface area contributed by atoms with Crippen LogP contribution in [0, 0.1) is 0 Å². The molecular weight excluding hydrogens is 302 g/mol. The summed E-state index contributed by atoms with van der Waals surface area (Å²) in [5.74, 6) is -0.0561. The Bertz CT molecular complexity index is 758. The molecule has 2 amide bonds. The van der Waals surface area contributed by atoms with Gasteiger partial charge in [0.25, 0.3) is 5.91 Å². The predicted molar refractivity (Wildman–Crippen MR) is 94.9 cm³/mol. The third kappa shape index (κ3) is 3.56. The Kier molecular flexibility index (Phi) is 4.79. The van der Waals surface area contributed by atoms with Gasteiger partial charge in [-0.3, -0.25) is 9.59 Å². The van der Waals surface area contributed by atoms with E-state index in [4.69, 9.17) is 5.73 Å². The molecule has 2 aromatic carbocycles. The van der Waals surface area contributed by atoms with E-state index in [1.165, 1.54) is 5.56 Å². The normalized spacial score (nSPS) is 12.8. The van der Waals surface area contributed by atoms with Gasteiger partial charge in [0.1, 0.15) is 0 Å². The number of amides is 2. The van der Waals surface area contributed by atoms with Crippen LogP contribution in [-0.4, -0.2) is 24.9 Å². The zero-order chi connectivity index (χ0) is 16.9. The summed E-state index contributed by atoms with van der Waals surface area (Å²) in [6.45, 7) is 1.21. The lowest BCUT2D eigenvalue weighted by atomic mass is 10.2. The number of nitrogen functional groups attached to an aromatic ring is 1. The van der Waals surface area contributed by atoms with Crippen LogP contribution in [0.15, 0.2) is 48.5 Å². The van der Waals surface area contributed by atoms with E-state index in [2.05, 4.69) is 11.4 Å². The van der Waals surface area contributed by atoms with E-state index in [-0.39, 0.29) is 11.8 Å². The van der Waals surface area contributed by atoms with Crippen LogP contribution in [0.5, 0.6) is 0 Å². The maximum absolute atomic E-state index is 12.4. The average molecular weight is 323 g/mol. The lowest BCUT2D eigenvalue weighted by Gasteiger charge is -2.17. The van der Waals surface area contributed by atoms with Gasteiger partial charge in [-0.15, -0.1) is 0 Å². The van der Waals surface area contributed by atoms with Crippen LogP contribution in [0.3, 0.4) is 0 Å². The number of fused-ring (bicyclic) bond motifs is 1. The van der Waals surface area contributed by atoms with Crippen LogP contribution < -0.4 is 16.0 Å². The van der Waals surface area contributed by atoms with Crippen LogP contribution in [0.25, 0.3) is 0 Å². The molecule has 0 spiro atoms. The third-order valence-corrected chi connectivity index (χ3v) is 4.19. The SMILES string of the molecule is Nc1cccc(C(=O)NCCCC(=O)N2CCc3ccccc32)c1. The monoisotopic (exact) mass is 323 g/mol. The van der Waals surface area contributed by atoms with Gasteiger partial charge in [0.05, 0.1) is 0 Å². The largest absolute Gasteiger partial charge is 0.399 e. The maximum Gasteiger partial charge on any atom is 0.251 e. The van der Waals surface area contributed by atoms with Crippen molar-refractivity contribution in [2.75, 3.05) is 23.7 Å². The van der Waals surface area contributed by atoms with Crippen molar-refractivity contribution in [3.63, 3.8) is 0 Å². The van der Waals surface area contributed by atoms with Crippen molar-refractivity contribution in [2.24, 2.45) is 0 Å². The summed E-state index contributed by atoms with van der Waals surface area (Å²) in [6, 6.07) is 14.9. The van der Waals surface area contributed by atoms with Gasteiger partial charge in [-0.1, -0.05) is 24.3 Å². The second kappa shape index (κ2) is 7.17. The van der Waals surface area contributed by atoms with Gasteiger partial charge < -0.3 is 16.0 Å². The second-order valence-corrected chi connectivity index (χ2v) is 5.91. The van der Waals surface area contributed by atoms with E-state index in [0.717, 1.165) is 18.7 Å². The molecule has 0 atom stereocenters. The summed E-state index contributed by atoms with van der Waals surface area (Å²) in [5, 5.41) is 2.83. The minimum atomic E-state index is -0.165. The topological polar surface area (TPSA) is 75.4 Å². The molecule has 0 saturated carbocycles. The van der Waals surface area contributed by atoms with E-state index >= 15 is 0 Å². The van der Waals surface area contributed by atoms with Gasteiger partial charge in [-0.05, 0) is 42.7 Å². The molecule has 0 radical (unpaired) electrons. The molecule has 0 fully saturated rings. The van der Waals surface area contributed by atoms with Crippen molar-refractivity contribution >= 4 is 23.2 Å². The Morgan fingerprint density at radius 3 is 2.79 bits per heavy atom. The number of nitrogens with two attached hydrogens (primary N) is 1. The molecule has 0 aromatic heterocycles. The number of benzene rings is 2. The summed E-state index contributed by atoms with van der Waals surface area (Å²) >= 11 is 0. The zero-order valence-electron chi connectivity index (χ0n) is 13.5. The van der Waals surface area contributed by atoms with Gasteiger partial charge in [-0.25, -0.2) is 0 Å². The van der Waals surface area contributed by atoms with E-state index in [1.807, 2.05) is 23.1 Å². The quantitative estimate of drug-likeness (QED) is 0.655. The summed E-state index contributed by atoms with van der Waals surface area (Å²) in [6.07, 6.45) is 1.95. The van der Waals surface area contributed by atoms with Gasteiger partial charge in [0.15, 0.2) is 0 Å². The molecule has 3 N–H and O–H groups in total.